The third-order valence-corrected chi connectivity index (χ3v) is 3.84. The van der Waals surface area contributed by atoms with Crippen molar-refractivity contribution in [1.82, 2.24) is 19.7 Å². The number of halogens is 3. The summed E-state index contributed by atoms with van der Waals surface area (Å²) < 4.78 is 7.52. The van der Waals surface area contributed by atoms with Crippen molar-refractivity contribution in [3.8, 4) is 5.88 Å². The zero-order chi connectivity index (χ0) is 15.9. The van der Waals surface area contributed by atoms with E-state index in [0.29, 0.717) is 27.0 Å². The van der Waals surface area contributed by atoms with Crippen LogP contribution in [-0.4, -0.2) is 19.7 Å². The third kappa shape index (κ3) is 2.97. The Bertz CT molecular complexity index is 849. The molecule has 8 heteroatoms. The molecule has 0 saturated heterocycles. The molecule has 0 amide bonds. The van der Waals surface area contributed by atoms with Gasteiger partial charge in [0.15, 0.2) is 5.52 Å². The topological polar surface area (TPSA) is 52.8 Å². The molecule has 0 aliphatic rings. The van der Waals surface area contributed by atoms with Gasteiger partial charge in [-0.05, 0) is 30.7 Å². The van der Waals surface area contributed by atoms with Gasteiger partial charge >= 0.3 is 0 Å². The first-order chi connectivity index (χ1) is 10.4. The molecule has 0 saturated carbocycles. The normalized spacial score (nSPS) is 12.6. The summed E-state index contributed by atoms with van der Waals surface area (Å²) in [5.74, 6) is 0.314. The molecule has 1 aromatic carbocycles. The lowest BCUT2D eigenvalue weighted by Crippen LogP contribution is -2.06. The van der Waals surface area contributed by atoms with Crippen LogP contribution in [0.15, 0.2) is 24.4 Å². The van der Waals surface area contributed by atoms with Crippen LogP contribution in [-0.2, 0) is 7.05 Å². The molecule has 2 aromatic heterocycles. The quantitative estimate of drug-likeness (QED) is 0.649. The maximum atomic E-state index is 6.20. The van der Waals surface area contributed by atoms with Crippen molar-refractivity contribution in [2.45, 2.75) is 13.0 Å². The second-order valence-corrected chi connectivity index (χ2v) is 5.94. The zero-order valence-corrected chi connectivity index (χ0v) is 14.0. The Hall–Kier alpha value is -1.56. The highest BCUT2D eigenvalue weighted by Crippen LogP contribution is 2.31. The van der Waals surface area contributed by atoms with Gasteiger partial charge in [-0.2, -0.15) is 10.1 Å². The second-order valence-electron chi connectivity index (χ2n) is 4.76. The smallest absolute Gasteiger partial charge is 0.247 e. The minimum atomic E-state index is -0.346. The largest absolute Gasteiger partial charge is 0.468 e. The van der Waals surface area contributed by atoms with Crippen LogP contribution < -0.4 is 4.74 Å². The van der Waals surface area contributed by atoms with Crippen molar-refractivity contribution < 1.29 is 4.74 Å². The number of aromatic nitrogens is 4. The van der Waals surface area contributed by atoms with Gasteiger partial charge in [-0.25, -0.2) is 4.98 Å². The molecule has 0 aliphatic heterocycles. The number of benzene rings is 1. The Labute approximate surface area is 141 Å². The highest BCUT2D eigenvalue weighted by atomic mass is 35.5. The van der Waals surface area contributed by atoms with Crippen LogP contribution in [0.3, 0.4) is 0 Å². The van der Waals surface area contributed by atoms with Crippen LogP contribution in [0.1, 0.15) is 18.6 Å². The number of hydrogen-bond donors (Lipinski definition) is 0. The molecule has 5 nitrogen and oxygen atoms in total. The fourth-order valence-electron chi connectivity index (χ4n) is 2.12. The average Bonchev–Trinajstić information content (AvgIpc) is 2.78. The van der Waals surface area contributed by atoms with E-state index < -0.39 is 0 Å². The highest BCUT2D eigenvalue weighted by Gasteiger charge is 2.17. The summed E-state index contributed by atoms with van der Waals surface area (Å²) in [6, 6.07) is 5.24. The first kappa shape index (κ1) is 15.3. The van der Waals surface area contributed by atoms with Crippen LogP contribution in [0.4, 0.5) is 0 Å². The minimum Gasteiger partial charge on any atom is -0.468 e. The lowest BCUT2D eigenvalue weighted by atomic mass is 10.1. The van der Waals surface area contributed by atoms with Gasteiger partial charge in [0.1, 0.15) is 11.6 Å². The number of rotatable bonds is 3. The predicted octanol–water partition coefficient (Wildman–Crippen LogP) is 4.46. The van der Waals surface area contributed by atoms with Crippen molar-refractivity contribution in [3.63, 3.8) is 0 Å². The molecule has 0 unspecified atom stereocenters. The number of fused-ring (bicyclic) bond motifs is 1. The Kier molecular flexibility index (Phi) is 4.12. The maximum Gasteiger partial charge on any atom is 0.247 e. The Morgan fingerprint density at radius 3 is 2.68 bits per heavy atom. The highest BCUT2D eigenvalue weighted by molar-refractivity contribution is 6.35. The summed E-state index contributed by atoms with van der Waals surface area (Å²) in [5.41, 5.74) is 1.96. The van der Waals surface area contributed by atoms with Crippen LogP contribution >= 0.6 is 34.8 Å². The zero-order valence-electron chi connectivity index (χ0n) is 11.7. The third-order valence-electron chi connectivity index (χ3n) is 3.11. The maximum absolute atomic E-state index is 6.20. The molecular formula is C14H11Cl3N4O. The molecule has 3 aromatic rings. The second kappa shape index (κ2) is 5.91. The summed E-state index contributed by atoms with van der Waals surface area (Å²) >= 11 is 18.0. The lowest BCUT2D eigenvalue weighted by molar-refractivity contribution is 0.220. The summed E-state index contributed by atoms with van der Waals surface area (Å²) in [4.78, 5) is 8.23. The summed E-state index contributed by atoms with van der Waals surface area (Å²) in [6.07, 6.45) is 1.40. The van der Waals surface area contributed by atoms with E-state index >= 15 is 0 Å². The molecule has 0 fully saturated rings. The molecule has 0 bridgehead atoms. The SMILES string of the molecule is C[C@@H](Oc1nc(Cl)nc2cn(C)nc12)c1ccc(Cl)cc1Cl. The molecule has 0 radical (unpaired) electrons. The number of ether oxygens (including phenoxy) is 1. The van der Waals surface area contributed by atoms with Gasteiger partial charge in [0.05, 0.1) is 6.20 Å². The van der Waals surface area contributed by atoms with Crippen LogP contribution in [0.2, 0.25) is 15.3 Å². The van der Waals surface area contributed by atoms with Gasteiger partial charge in [-0.1, -0.05) is 29.3 Å². The number of nitrogens with zero attached hydrogens (tertiary/aromatic N) is 4. The van der Waals surface area contributed by atoms with Gasteiger partial charge in [0.25, 0.3) is 0 Å². The van der Waals surface area contributed by atoms with Gasteiger partial charge in [-0.3, -0.25) is 4.68 Å². The number of aryl methyl sites for hydroxylation is 1. The predicted molar refractivity (Wildman–Crippen MR) is 86.8 cm³/mol. The minimum absolute atomic E-state index is 0.102. The van der Waals surface area contributed by atoms with Crippen LogP contribution in [0.5, 0.6) is 5.88 Å². The molecule has 0 N–H and O–H groups in total. The lowest BCUT2D eigenvalue weighted by Gasteiger charge is -2.16. The molecular weight excluding hydrogens is 347 g/mol. The van der Waals surface area contributed by atoms with Crippen molar-refractivity contribution >= 4 is 45.8 Å². The van der Waals surface area contributed by atoms with E-state index in [9.17, 15) is 0 Å². The van der Waals surface area contributed by atoms with Gasteiger partial charge < -0.3 is 4.74 Å². The van der Waals surface area contributed by atoms with Crippen molar-refractivity contribution in [2.24, 2.45) is 7.05 Å². The first-order valence-corrected chi connectivity index (χ1v) is 7.56. The fourth-order valence-corrected chi connectivity index (χ4v) is 2.85. The average molecular weight is 358 g/mol. The van der Waals surface area contributed by atoms with E-state index in [1.54, 1.807) is 30.1 Å². The number of hydrogen-bond acceptors (Lipinski definition) is 4. The van der Waals surface area contributed by atoms with E-state index in [1.165, 1.54) is 0 Å². The van der Waals surface area contributed by atoms with E-state index in [4.69, 9.17) is 39.5 Å². The van der Waals surface area contributed by atoms with Crippen molar-refractivity contribution in [1.29, 1.82) is 0 Å². The summed E-state index contributed by atoms with van der Waals surface area (Å²) in [6.45, 7) is 1.86. The molecule has 0 aliphatic carbocycles. The van der Waals surface area contributed by atoms with E-state index in [1.807, 2.05) is 13.0 Å². The van der Waals surface area contributed by atoms with E-state index in [-0.39, 0.29) is 11.4 Å². The van der Waals surface area contributed by atoms with Crippen molar-refractivity contribution in [2.75, 3.05) is 0 Å². The fraction of sp³-hybridized carbons (Fsp3) is 0.214. The van der Waals surface area contributed by atoms with Gasteiger partial charge in [-0.15, -0.1) is 0 Å². The van der Waals surface area contributed by atoms with Crippen LogP contribution in [0.25, 0.3) is 11.0 Å². The Balaban J connectivity index is 1.98. The molecule has 0 spiro atoms. The standard InChI is InChI=1S/C14H11Cl3N4O/c1-7(9-4-3-8(15)5-10(9)16)22-13-12-11(6-21(2)20-12)18-14(17)19-13/h3-7H,1-2H3/t7-/m1/s1. The summed E-state index contributed by atoms with van der Waals surface area (Å²) in [7, 11) is 1.79. The molecule has 3 rings (SSSR count). The summed E-state index contributed by atoms with van der Waals surface area (Å²) in [5, 5.41) is 5.49. The van der Waals surface area contributed by atoms with E-state index in [0.717, 1.165) is 5.56 Å². The van der Waals surface area contributed by atoms with Gasteiger partial charge in [0, 0.05) is 22.7 Å². The first-order valence-electron chi connectivity index (χ1n) is 6.42. The van der Waals surface area contributed by atoms with Gasteiger partial charge in [0.2, 0.25) is 11.2 Å². The molecule has 22 heavy (non-hydrogen) atoms. The molecule has 1 atom stereocenters. The van der Waals surface area contributed by atoms with Crippen LogP contribution in [0, 0.1) is 0 Å². The molecule has 114 valence electrons. The van der Waals surface area contributed by atoms with E-state index in [2.05, 4.69) is 15.1 Å². The Morgan fingerprint density at radius 2 is 1.95 bits per heavy atom. The molecule has 2 heterocycles. The monoisotopic (exact) mass is 356 g/mol. The van der Waals surface area contributed by atoms with Crippen molar-refractivity contribution in [3.05, 3.63) is 45.3 Å². The Morgan fingerprint density at radius 1 is 1.18 bits per heavy atom.